The third-order valence-electron chi connectivity index (χ3n) is 4.84. The molecule has 2 fully saturated rings. The zero-order chi connectivity index (χ0) is 18.8. The highest BCUT2D eigenvalue weighted by atomic mass is 16.5. The molecular formula is C18H22N2O6. The van der Waals surface area contributed by atoms with Crippen molar-refractivity contribution in [1.29, 1.82) is 0 Å². The summed E-state index contributed by atoms with van der Waals surface area (Å²) in [5.74, 6) is -3.28. The van der Waals surface area contributed by atoms with Gasteiger partial charge in [0.25, 0.3) is 5.91 Å². The fourth-order valence-corrected chi connectivity index (χ4v) is 3.58. The quantitative estimate of drug-likeness (QED) is 0.667. The predicted molar refractivity (Wildman–Crippen MR) is 90.1 cm³/mol. The Morgan fingerprint density at radius 3 is 2.54 bits per heavy atom. The molecule has 26 heavy (non-hydrogen) atoms. The Morgan fingerprint density at radius 2 is 1.88 bits per heavy atom. The van der Waals surface area contributed by atoms with Crippen molar-refractivity contribution in [2.24, 2.45) is 11.8 Å². The van der Waals surface area contributed by atoms with Crippen LogP contribution in [0.15, 0.2) is 24.3 Å². The number of carboxylic acid groups (broad SMARTS) is 1. The van der Waals surface area contributed by atoms with E-state index in [2.05, 4.69) is 10.9 Å². The van der Waals surface area contributed by atoms with Crippen molar-refractivity contribution in [3.8, 4) is 5.75 Å². The highest BCUT2D eigenvalue weighted by Gasteiger charge is 2.55. The van der Waals surface area contributed by atoms with E-state index >= 15 is 0 Å². The van der Waals surface area contributed by atoms with Gasteiger partial charge in [-0.25, -0.2) is 0 Å². The lowest BCUT2D eigenvalue weighted by atomic mass is 9.79. The number of carboxylic acids is 1. The highest BCUT2D eigenvalue weighted by molar-refractivity contribution is 5.89. The summed E-state index contributed by atoms with van der Waals surface area (Å²) in [7, 11) is 0. The van der Waals surface area contributed by atoms with Crippen molar-refractivity contribution in [2.45, 2.75) is 45.0 Å². The maximum Gasteiger partial charge on any atom is 0.310 e. The first kappa shape index (κ1) is 18.2. The van der Waals surface area contributed by atoms with Gasteiger partial charge in [0, 0.05) is 0 Å². The van der Waals surface area contributed by atoms with Crippen molar-refractivity contribution in [3.05, 3.63) is 29.8 Å². The van der Waals surface area contributed by atoms with Crippen molar-refractivity contribution in [3.63, 3.8) is 0 Å². The molecule has 0 saturated carbocycles. The molecule has 8 nitrogen and oxygen atoms in total. The van der Waals surface area contributed by atoms with Gasteiger partial charge in [-0.3, -0.25) is 25.2 Å². The van der Waals surface area contributed by atoms with Crippen LogP contribution in [0.1, 0.15) is 25.3 Å². The summed E-state index contributed by atoms with van der Waals surface area (Å²) >= 11 is 0. The number of rotatable bonds is 5. The van der Waals surface area contributed by atoms with Crippen LogP contribution in [0.25, 0.3) is 0 Å². The van der Waals surface area contributed by atoms with Gasteiger partial charge in [-0.2, -0.15) is 0 Å². The number of hydrazine groups is 1. The summed E-state index contributed by atoms with van der Waals surface area (Å²) in [6.07, 6.45) is -0.401. The molecule has 2 bridgehead atoms. The maximum absolute atomic E-state index is 12.4. The van der Waals surface area contributed by atoms with Gasteiger partial charge in [0.15, 0.2) is 6.10 Å². The summed E-state index contributed by atoms with van der Waals surface area (Å²) in [6, 6.07) is 7.26. The molecule has 1 aromatic carbocycles. The number of carbonyl (C=O) groups is 3. The number of ether oxygens (including phenoxy) is 2. The molecule has 0 aromatic heterocycles. The SMILES string of the molecule is Cc1cccc(O[C@@H](C)C(=O)NNC(=O)[C@H]2[C@H](C(=O)O)[C@H]3CC[C@@H]2O3)c1. The number of aliphatic carboxylic acids is 1. The van der Waals surface area contributed by atoms with E-state index in [0.29, 0.717) is 18.6 Å². The van der Waals surface area contributed by atoms with E-state index in [9.17, 15) is 19.5 Å². The molecule has 0 radical (unpaired) electrons. The fourth-order valence-electron chi connectivity index (χ4n) is 3.58. The minimum absolute atomic E-state index is 0.418. The van der Waals surface area contributed by atoms with Crippen LogP contribution in [0.5, 0.6) is 5.75 Å². The summed E-state index contributed by atoms with van der Waals surface area (Å²) in [4.78, 5) is 35.9. The van der Waals surface area contributed by atoms with Crippen LogP contribution in [-0.4, -0.2) is 41.2 Å². The number of hydrogen-bond donors (Lipinski definition) is 3. The van der Waals surface area contributed by atoms with Crippen LogP contribution in [-0.2, 0) is 19.1 Å². The second-order valence-corrected chi connectivity index (χ2v) is 6.74. The number of amides is 2. The van der Waals surface area contributed by atoms with Gasteiger partial charge in [0.1, 0.15) is 5.75 Å². The summed E-state index contributed by atoms with van der Waals surface area (Å²) in [5.41, 5.74) is 5.61. The first-order valence-corrected chi connectivity index (χ1v) is 8.58. The van der Waals surface area contributed by atoms with Crippen LogP contribution < -0.4 is 15.6 Å². The van der Waals surface area contributed by atoms with Gasteiger partial charge < -0.3 is 14.6 Å². The molecule has 3 N–H and O–H groups in total. The van der Waals surface area contributed by atoms with Crippen molar-refractivity contribution >= 4 is 17.8 Å². The molecule has 3 rings (SSSR count). The van der Waals surface area contributed by atoms with Crippen molar-refractivity contribution in [2.75, 3.05) is 0 Å². The van der Waals surface area contributed by atoms with Gasteiger partial charge in [-0.05, 0) is 44.4 Å². The molecule has 140 valence electrons. The Balaban J connectivity index is 1.54. The van der Waals surface area contributed by atoms with E-state index in [0.717, 1.165) is 5.56 Å². The minimum Gasteiger partial charge on any atom is -0.481 e. The number of nitrogens with one attached hydrogen (secondary N) is 2. The van der Waals surface area contributed by atoms with Crippen molar-refractivity contribution < 1.29 is 29.0 Å². The van der Waals surface area contributed by atoms with Crippen LogP contribution >= 0.6 is 0 Å². The van der Waals surface area contributed by atoms with E-state index in [1.165, 1.54) is 0 Å². The Hall–Kier alpha value is -2.61. The lowest BCUT2D eigenvalue weighted by molar-refractivity contribution is -0.148. The first-order chi connectivity index (χ1) is 12.4. The standard InChI is InChI=1S/C18H22N2O6/c1-9-4-3-5-11(8-9)25-10(2)16(21)19-20-17(22)14-12-6-7-13(26-12)15(14)18(23)24/h3-5,8,10,12-15H,6-7H2,1-2H3,(H,19,21)(H,20,22)(H,23,24)/t10-,12-,13+,14+,15+/m0/s1. The fraction of sp³-hybridized carbons (Fsp3) is 0.500. The van der Waals surface area contributed by atoms with Crippen LogP contribution in [0.3, 0.4) is 0 Å². The second-order valence-electron chi connectivity index (χ2n) is 6.74. The highest BCUT2D eigenvalue weighted by Crippen LogP contribution is 2.43. The normalized spacial score (nSPS) is 27.6. The van der Waals surface area contributed by atoms with Crippen LogP contribution in [0.2, 0.25) is 0 Å². The average molecular weight is 362 g/mol. The van der Waals surface area contributed by atoms with Gasteiger partial charge in [-0.15, -0.1) is 0 Å². The Labute approximate surface area is 150 Å². The molecule has 2 aliphatic heterocycles. The Morgan fingerprint density at radius 1 is 1.19 bits per heavy atom. The van der Waals surface area contributed by atoms with Crippen molar-refractivity contribution in [1.82, 2.24) is 10.9 Å². The molecule has 8 heteroatoms. The molecule has 2 amide bonds. The lowest BCUT2D eigenvalue weighted by Crippen LogP contribution is -2.52. The van der Waals surface area contributed by atoms with Crippen LogP contribution in [0.4, 0.5) is 0 Å². The molecule has 2 aliphatic rings. The number of benzene rings is 1. The number of fused-ring (bicyclic) bond motifs is 2. The molecule has 0 aliphatic carbocycles. The molecule has 2 heterocycles. The zero-order valence-electron chi connectivity index (χ0n) is 14.6. The van der Waals surface area contributed by atoms with E-state index in [1.54, 1.807) is 19.1 Å². The maximum atomic E-state index is 12.4. The zero-order valence-corrected chi connectivity index (χ0v) is 14.6. The summed E-state index contributed by atoms with van der Waals surface area (Å²) in [5, 5.41) is 9.34. The van der Waals surface area contributed by atoms with Crippen LogP contribution in [0, 0.1) is 18.8 Å². The molecule has 0 spiro atoms. The second kappa shape index (κ2) is 7.33. The average Bonchev–Trinajstić information content (AvgIpc) is 3.20. The Bertz CT molecular complexity index is 721. The molecule has 0 unspecified atom stereocenters. The van der Waals surface area contributed by atoms with Gasteiger partial charge in [0.05, 0.1) is 24.0 Å². The van der Waals surface area contributed by atoms with Gasteiger partial charge in [0.2, 0.25) is 5.91 Å². The first-order valence-electron chi connectivity index (χ1n) is 8.58. The summed E-state index contributed by atoms with van der Waals surface area (Å²) in [6.45, 7) is 3.47. The van der Waals surface area contributed by atoms with E-state index in [1.807, 2.05) is 19.1 Å². The van der Waals surface area contributed by atoms with E-state index in [4.69, 9.17) is 9.47 Å². The van der Waals surface area contributed by atoms with Gasteiger partial charge in [-0.1, -0.05) is 12.1 Å². The number of hydrogen-bond acceptors (Lipinski definition) is 5. The Kier molecular flexibility index (Phi) is 5.13. The predicted octanol–water partition coefficient (Wildman–Crippen LogP) is 0.788. The number of carbonyl (C=O) groups excluding carboxylic acids is 2. The minimum atomic E-state index is -1.06. The third kappa shape index (κ3) is 3.65. The summed E-state index contributed by atoms with van der Waals surface area (Å²) < 4.78 is 11.1. The molecular weight excluding hydrogens is 340 g/mol. The largest absolute Gasteiger partial charge is 0.481 e. The molecule has 5 atom stereocenters. The monoisotopic (exact) mass is 362 g/mol. The van der Waals surface area contributed by atoms with E-state index in [-0.39, 0.29) is 0 Å². The third-order valence-corrected chi connectivity index (χ3v) is 4.84. The molecule has 2 saturated heterocycles. The topological polar surface area (TPSA) is 114 Å². The van der Waals surface area contributed by atoms with Gasteiger partial charge >= 0.3 is 5.97 Å². The number of aryl methyl sites for hydroxylation is 1. The van der Waals surface area contributed by atoms with E-state index < -0.39 is 47.9 Å². The molecule has 1 aromatic rings. The lowest BCUT2D eigenvalue weighted by Gasteiger charge is -2.24. The smallest absolute Gasteiger partial charge is 0.310 e.